The number of hydrogen-bond donors (Lipinski definition) is 3. The fraction of sp³-hybridized carbons (Fsp3) is 0.889. The van der Waals surface area contributed by atoms with Gasteiger partial charge in [-0.3, -0.25) is 4.79 Å². The Bertz CT molecular complexity index is 185. The molecule has 1 amide bonds. The van der Waals surface area contributed by atoms with E-state index >= 15 is 0 Å². The van der Waals surface area contributed by atoms with E-state index in [-0.39, 0.29) is 24.0 Å². The molecule has 76 valence electrons. The molecule has 0 aromatic rings. The van der Waals surface area contributed by atoms with Crippen LogP contribution in [0.25, 0.3) is 0 Å². The molecule has 4 nitrogen and oxygen atoms in total. The molecule has 0 spiro atoms. The van der Waals surface area contributed by atoms with Crippen LogP contribution in [0.4, 0.5) is 0 Å². The third kappa shape index (κ3) is 2.19. The van der Waals surface area contributed by atoms with Crippen molar-refractivity contribution in [3.63, 3.8) is 0 Å². The highest BCUT2D eigenvalue weighted by Gasteiger charge is 2.38. The van der Waals surface area contributed by atoms with Gasteiger partial charge in [0.05, 0.1) is 12.1 Å². The van der Waals surface area contributed by atoms with Crippen LogP contribution in [0, 0.1) is 5.92 Å². The number of aliphatic hydroxyl groups excluding tert-OH is 1. The SMILES string of the molecule is CC(CN)C(=O)NC1(CO)CCC1. The zero-order chi connectivity index (χ0) is 9.90. The van der Waals surface area contributed by atoms with Crippen molar-refractivity contribution in [1.82, 2.24) is 5.32 Å². The van der Waals surface area contributed by atoms with E-state index in [9.17, 15) is 4.79 Å². The second-order valence-electron chi connectivity index (χ2n) is 3.92. The van der Waals surface area contributed by atoms with Gasteiger partial charge in [-0.2, -0.15) is 0 Å². The third-order valence-electron chi connectivity index (χ3n) is 2.80. The molecule has 1 rings (SSSR count). The van der Waals surface area contributed by atoms with Crippen molar-refractivity contribution in [2.24, 2.45) is 11.7 Å². The Morgan fingerprint density at radius 3 is 2.62 bits per heavy atom. The van der Waals surface area contributed by atoms with Gasteiger partial charge in [0, 0.05) is 12.5 Å². The van der Waals surface area contributed by atoms with E-state index in [0.717, 1.165) is 19.3 Å². The first-order chi connectivity index (χ1) is 6.13. The van der Waals surface area contributed by atoms with Crippen molar-refractivity contribution in [2.75, 3.05) is 13.2 Å². The van der Waals surface area contributed by atoms with E-state index in [4.69, 9.17) is 10.8 Å². The average molecular weight is 186 g/mol. The van der Waals surface area contributed by atoms with Crippen LogP contribution in [-0.4, -0.2) is 29.7 Å². The summed E-state index contributed by atoms with van der Waals surface area (Å²) in [4.78, 5) is 11.4. The summed E-state index contributed by atoms with van der Waals surface area (Å²) in [5, 5.41) is 12.0. The number of amides is 1. The van der Waals surface area contributed by atoms with Crippen molar-refractivity contribution < 1.29 is 9.90 Å². The molecule has 0 saturated heterocycles. The third-order valence-corrected chi connectivity index (χ3v) is 2.80. The van der Waals surface area contributed by atoms with Gasteiger partial charge < -0.3 is 16.2 Å². The quantitative estimate of drug-likeness (QED) is 0.560. The molecule has 0 aliphatic heterocycles. The van der Waals surface area contributed by atoms with Crippen molar-refractivity contribution >= 4 is 5.91 Å². The second kappa shape index (κ2) is 4.07. The monoisotopic (exact) mass is 186 g/mol. The largest absolute Gasteiger partial charge is 0.394 e. The second-order valence-corrected chi connectivity index (χ2v) is 3.92. The highest BCUT2D eigenvalue weighted by Crippen LogP contribution is 2.31. The van der Waals surface area contributed by atoms with Gasteiger partial charge in [-0.15, -0.1) is 0 Å². The Balaban J connectivity index is 2.42. The number of carbonyl (C=O) groups excluding carboxylic acids is 1. The summed E-state index contributed by atoms with van der Waals surface area (Å²) in [5.74, 6) is -0.208. The topological polar surface area (TPSA) is 75.4 Å². The summed E-state index contributed by atoms with van der Waals surface area (Å²) >= 11 is 0. The number of hydrogen-bond acceptors (Lipinski definition) is 3. The first-order valence-corrected chi connectivity index (χ1v) is 4.76. The average Bonchev–Trinajstić information content (AvgIpc) is 2.09. The summed E-state index contributed by atoms with van der Waals surface area (Å²) in [6.07, 6.45) is 2.84. The molecule has 0 radical (unpaired) electrons. The predicted molar refractivity (Wildman–Crippen MR) is 50.0 cm³/mol. The summed E-state index contributed by atoms with van der Waals surface area (Å²) in [7, 11) is 0. The Morgan fingerprint density at radius 2 is 2.31 bits per heavy atom. The van der Waals surface area contributed by atoms with Crippen LogP contribution in [0.3, 0.4) is 0 Å². The zero-order valence-corrected chi connectivity index (χ0v) is 8.05. The molecule has 0 heterocycles. The van der Waals surface area contributed by atoms with Crippen molar-refractivity contribution in [2.45, 2.75) is 31.7 Å². The maximum Gasteiger partial charge on any atom is 0.224 e. The summed E-state index contributed by atoms with van der Waals surface area (Å²) in [5.41, 5.74) is 5.04. The van der Waals surface area contributed by atoms with E-state index in [1.54, 1.807) is 6.92 Å². The first-order valence-electron chi connectivity index (χ1n) is 4.76. The molecule has 1 aliphatic carbocycles. The van der Waals surface area contributed by atoms with Crippen molar-refractivity contribution in [3.8, 4) is 0 Å². The van der Waals surface area contributed by atoms with Crippen LogP contribution in [0.15, 0.2) is 0 Å². The molecule has 0 aromatic carbocycles. The minimum atomic E-state index is -0.333. The lowest BCUT2D eigenvalue weighted by molar-refractivity contribution is -0.128. The van der Waals surface area contributed by atoms with Gasteiger partial charge in [0.2, 0.25) is 5.91 Å². The van der Waals surface area contributed by atoms with Crippen molar-refractivity contribution in [1.29, 1.82) is 0 Å². The Hall–Kier alpha value is -0.610. The Labute approximate surface area is 78.5 Å². The van der Waals surface area contributed by atoms with Gasteiger partial charge in [-0.1, -0.05) is 6.92 Å². The van der Waals surface area contributed by atoms with E-state index in [0.29, 0.717) is 6.54 Å². The molecule has 0 aromatic heterocycles. The van der Waals surface area contributed by atoms with E-state index in [1.165, 1.54) is 0 Å². The van der Waals surface area contributed by atoms with Crippen LogP contribution in [-0.2, 0) is 4.79 Å². The van der Waals surface area contributed by atoms with Crippen LogP contribution < -0.4 is 11.1 Å². The van der Waals surface area contributed by atoms with Gasteiger partial charge in [-0.05, 0) is 19.3 Å². The molecular weight excluding hydrogens is 168 g/mol. The normalized spacial score (nSPS) is 21.8. The van der Waals surface area contributed by atoms with E-state index < -0.39 is 0 Å². The van der Waals surface area contributed by atoms with Gasteiger partial charge in [-0.25, -0.2) is 0 Å². The minimum absolute atomic E-state index is 0.0377. The minimum Gasteiger partial charge on any atom is -0.394 e. The lowest BCUT2D eigenvalue weighted by atomic mass is 9.77. The molecule has 1 saturated carbocycles. The van der Waals surface area contributed by atoms with Crippen LogP contribution in [0.1, 0.15) is 26.2 Å². The molecule has 1 unspecified atom stereocenters. The molecule has 13 heavy (non-hydrogen) atoms. The molecule has 4 heteroatoms. The van der Waals surface area contributed by atoms with Crippen molar-refractivity contribution in [3.05, 3.63) is 0 Å². The van der Waals surface area contributed by atoms with Crippen LogP contribution >= 0.6 is 0 Å². The molecule has 0 bridgehead atoms. The summed E-state index contributed by atoms with van der Waals surface area (Å²) in [6, 6.07) is 0. The molecule has 1 aliphatic rings. The standard InChI is InChI=1S/C9H18N2O2/c1-7(5-10)8(13)11-9(6-12)3-2-4-9/h7,12H,2-6,10H2,1H3,(H,11,13). The summed E-state index contributed by atoms with van der Waals surface area (Å²) < 4.78 is 0. The van der Waals surface area contributed by atoms with Gasteiger partial charge in [0.1, 0.15) is 0 Å². The number of aliphatic hydroxyl groups is 1. The Morgan fingerprint density at radius 1 is 1.69 bits per heavy atom. The zero-order valence-electron chi connectivity index (χ0n) is 8.05. The number of nitrogens with one attached hydrogen (secondary N) is 1. The highest BCUT2D eigenvalue weighted by molar-refractivity contribution is 5.79. The predicted octanol–water partition coefficient (Wildman–Crippen LogP) is -0.388. The van der Waals surface area contributed by atoms with Crippen LogP contribution in [0.2, 0.25) is 0 Å². The van der Waals surface area contributed by atoms with Gasteiger partial charge in [0.15, 0.2) is 0 Å². The number of carbonyl (C=O) groups is 1. The molecule has 1 atom stereocenters. The van der Waals surface area contributed by atoms with Gasteiger partial charge in [0.25, 0.3) is 0 Å². The smallest absolute Gasteiger partial charge is 0.224 e. The maximum absolute atomic E-state index is 11.4. The van der Waals surface area contributed by atoms with E-state index in [2.05, 4.69) is 5.32 Å². The molecule has 4 N–H and O–H groups in total. The number of rotatable bonds is 4. The van der Waals surface area contributed by atoms with Gasteiger partial charge >= 0.3 is 0 Å². The fourth-order valence-electron chi connectivity index (χ4n) is 1.42. The van der Waals surface area contributed by atoms with Crippen LogP contribution in [0.5, 0.6) is 0 Å². The first kappa shape index (κ1) is 10.5. The molecular formula is C9H18N2O2. The lowest BCUT2D eigenvalue weighted by Crippen LogP contribution is -2.57. The highest BCUT2D eigenvalue weighted by atomic mass is 16.3. The Kier molecular flexibility index (Phi) is 3.27. The fourth-order valence-corrected chi connectivity index (χ4v) is 1.42. The van der Waals surface area contributed by atoms with E-state index in [1.807, 2.05) is 0 Å². The summed E-state index contributed by atoms with van der Waals surface area (Å²) in [6.45, 7) is 2.18. The maximum atomic E-state index is 11.4. The lowest BCUT2D eigenvalue weighted by Gasteiger charge is -2.41. The molecule has 1 fully saturated rings. The number of nitrogens with two attached hydrogens (primary N) is 1.